The smallest absolute Gasteiger partial charge is 0.310 e. The molecule has 2 nitrogen and oxygen atoms in total. The lowest BCUT2D eigenvalue weighted by Gasteiger charge is -2.59. The van der Waals surface area contributed by atoms with Crippen molar-refractivity contribution in [1.82, 2.24) is 0 Å². The second kappa shape index (κ2) is 2.98. The van der Waals surface area contributed by atoms with E-state index in [0.717, 1.165) is 0 Å². The minimum Gasteiger partial charge on any atom is -0.481 e. The molecule has 17 heavy (non-hydrogen) atoms. The molecule has 0 aromatic heterocycles. The zero-order valence-electron chi connectivity index (χ0n) is 9.39. The first kappa shape index (κ1) is 11.4. The Kier molecular flexibility index (Phi) is 1.99. The van der Waals surface area contributed by atoms with Crippen molar-refractivity contribution >= 4 is 5.97 Å². The Labute approximate surface area is 97.2 Å². The fourth-order valence-corrected chi connectivity index (χ4v) is 4.49. The van der Waals surface area contributed by atoms with E-state index < -0.39 is 34.8 Å². The van der Waals surface area contributed by atoms with Crippen molar-refractivity contribution in [2.24, 2.45) is 11.3 Å². The third-order valence-corrected chi connectivity index (χ3v) is 4.93. The molecule has 5 heteroatoms. The van der Waals surface area contributed by atoms with Crippen LogP contribution in [0.1, 0.15) is 38.5 Å². The molecular formula is C12H15F3O2. The van der Waals surface area contributed by atoms with Gasteiger partial charge < -0.3 is 5.11 Å². The summed E-state index contributed by atoms with van der Waals surface area (Å²) in [6.07, 6.45) is -2.23. The lowest BCUT2D eigenvalue weighted by atomic mass is 9.47. The lowest BCUT2D eigenvalue weighted by Crippen LogP contribution is -2.64. The average Bonchev–Trinajstić information content (AvgIpc) is 2.12. The van der Waals surface area contributed by atoms with Crippen molar-refractivity contribution in [1.29, 1.82) is 0 Å². The van der Waals surface area contributed by atoms with Gasteiger partial charge in [-0.05, 0) is 25.7 Å². The number of hydrogen-bond acceptors (Lipinski definition) is 1. The van der Waals surface area contributed by atoms with Gasteiger partial charge in [-0.3, -0.25) is 4.79 Å². The number of hydrogen-bond donors (Lipinski definition) is 1. The van der Waals surface area contributed by atoms with Gasteiger partial charge in [0.15, 0.2) is 0 Å². The molecule has 3 aliphatic carbocycles. The minimum atomic E-state index is -1.97. The molecule has 0 saturated heterocycles. The number of rotatable bonds is 1. The van der Waals surface area contributed by atoms with E-state index in [4.69, 9.17) is 0 Å². The van der Waals surface area contributed by atoms with E-state index in [1.54, 1.807) is 0 Å². The maximum atomic E-state index is 14.4. The predicted octanol–water partition coefficient (Wildman–Crippen LogP) is 2.81. The summed E-state index contributed by atoms with van der Waals surface area (Å²) < 4.78 is 42.8. The van der Waals surface area contributed by atoms with Gasteiger partial charge in [-0.15, -0.1) is 0 Å². The molecule has 3 fully saturated rings. The molecular weight excluding hydrogens is 233 g/mol. The molecule has 96 valence electrons. The highest BCUT2D eigenvalue weighted by Crippen LogP contribution is 2.65. The van der Waals surface area contributed by atoms with Crippen molar-refractivity contribution < 1.29 is 23.1 Å². The van der Waals surface area contributed by atoms with Gasteiger partial charge in [0.05, 0.1) is 5.41 Å². The van der Waals surface area contributed by atoms with Crippen molar-refractivity contribution in [3.05, 3.63) is 0 Å². The number of carboxylic acids is 1. The molecule has 3 saturated carbocycles. The first-order valence-electron chi connectivity index (χ1n) is 6.04. The van der Waals surface area contributed by atoms with Crippen LogP contribution in [0.15, 0.2) is 0 Å². The average molecular weight is 248 g/mol. The number of fused-ring (bicyclic) bond motifs is 2. The van der Waals surface area contributed by atoms with E-state index in [9.17, 15) is 23.1 Å². The largest absolute Gasteiger partial charge is 0.481 e. The summed E-state index contributed by atoms with van der Waals surface area (Å²) in [5, 5.41) is 9.31. The fourth-order valence-electron chi connectivity index (χ4n) is 4.49. The summed E-state index contributed by atoms with van der Waals surface area (Å²) in [7, 11) is 0. The van der Waals surface area contributed by atoms with E-state index in [1.165, 1.54) is 0 Å². The Hall–Kier alpha value is -0.740. The zero-order valence-corrected chi connectivity index (χ0v) is 9.39. The molecule has 0 aromatic rings. The van der Waals surface area contributed by atoms with Crippen molar-refractivity contribution in [2.75, 3.05) is 0 Å². The maximum Gasteiger partial charge on any atom is 0.310 e. The molecule has 5 atom stereocenters. The van der Waals surface area contributed by atoms with Crippen LogP contribution < -0.4 is 0 Å². The van der Waals surface area contributed by atoms with Crippen LogP contribution in [0.25, 0.3) is 0 Å². The van der Waals surface area contributed by atoms with E-state index in [0.29, 0.717) is 0 Å². The van der Waals surface area contributed by atoms with Crippen LogP contribution in [0.4, 0.5) is 13.2 Å². The molecule has 0 aliphatic heterocycles. The first-order valence-corrected chi connectivity index (χ1v) is 6.04. The third kappa shape index (κ3) is 1.37. The van der Waals surface area contributed by atoms with Crippen molar-refractivity contribution in [2.45, 2.75) is 56.0 Å². The molecule has 0 amide bonds. The quantitative estimate of drug-likeness (QED) is 0.774. The predicted molar refractivity (Wildman–Crippen MR) is 53.8 cm³/mol. The topological polar surface area (TPSA) is 37.3 Å². The number of carboxylic acid groups (broad SMARTS) is 1. The Morgan fingerprint density at radius 1 is 1.18 bits per heavy atom. The summed E-state index contributed by atoms with van der Waals surface area (Å²) in [5.74, 6) is -1.94. The van der Waals surface area contributed by atoms with Gasteiger partial charge in [0.2, 0.25) is 0 Å². The van der Waals surface area contributed by atoms with Gasteiger partial charge in [0.25, 0.3) is 0 Å². The van der Waals surface area contributed by atoms with Gasteiger partial charge in [0.1, 0.15) is 17.5 Å². The highest BCUT2D eigenvalue weighted by Gasteiger charge is 2.69. The summed E-state index contributed by atoms with van der Waals surface area (Å²) in [4.78, 5) is 11.4. The highest BCUT2D eigenvalue weighted by atomic mass is 19.2. The summed E-state index contributed by atoms with van der Waals surface area (Å²) >= 11 is 0. The molecule has 0 heterocycles. The molecule has 0 aromatic carbocycles. The van der Waals surface area contributed by atoms with Crippen LogP contribution in [0.2, 0.25) is 0 Å². The van der Waals surface area contributed by atoms with Gasteiger partial charge >= 0.3 is 5.97 Å². The van der Waals surface area contributed by atoms with Gasteiger partial charge in [-0.25, -0.2) is 13.2 Å². The molecule has 1 N–H and O–H groups in total. The summed E-state index contributed by atoms with van der Waals surface area (Å²) in [5.41, 5.74) is -5.23. The monoisotopic (exact) mass is 248 g/mol. The normalized spacial score (nSPS) is 56.9. The second-order valence-electron chi connectivity index (χ2n) is 6.16. The van der Waals surface area contributed by atoms with E-state index in [1.807, 2.05) is 0 Å². The summed E-state index contributed by atoms with van der Waals surface area (Å²) in [6, 6.07) is 0. The van der Waals surface area contributed by atoms with Gasteiger partial charge in [0, 0.05) is 18.8 Å². The Bertz CT molecular complexity index is 384. The van der Waals surface area contributed by atoms with Crippen molar-refractivity contribution in [3.63, 3.8) is 0 Å². The Morgan fingerprint density at radius 2 is 1.82 bits per heavy atom. The minimum absolute atomic E-state index is 0.0960. The Balaban J connectivity index is 2.11. The Morgan fingerprint density at radius 3 is 2.47 bits per heavy atom. The van der Waals surface area contributed by atoms with E-state index >= 15 is 0 Å². The number of aliphatic carboxylic acids is 1. The number of carbonyl (C=O) groups is 1. The van der Waals surface area contributed by atoms with Crippen LogP contribution in [0, 0.1) is 11.3 Å². The molecule has 0 radical (unpaired) electrons. The van der Waals surface area contributed by atoms with Crippen LogP contribution >= 0.6 is 0 Å². The molecule has 3 bridgehead atoms. The molecule has 5 unspecified atom stereocenters. The zero-order chi connectivity index (χ0) is 12.5. The standard InChI is InChI=1S/C12H15F3O2/c13-8-3-11(15)4-10(14)2-1-7(8)12(5-10,6-11)9(16)17/h7-8H,1-6H2,(H,16,17). The SMILES string of the molecule is O=C(O)C12CC3(F)CCC1C(F)CC(F)(C3)C2. The van der Waals surface area contributed by atoms with Crippen LogP contribution in [-0.2, 0) is 4.79 Å². The fraction of sp³-hybridized carbons (Fsp3) is 0.917. The van der Waals surface area contributed by atoms with Gasteiger partial charge in [-0.2, -0.15) is 0 Å². The maximum absolute atomic E-state index is 14.4. The van der Waals surface area contributed by atoms with Gasteiger partial charge in [-0.1, -0.05) is 0 Å². The third-order valence-electron chi connectivity index (χ3n) is 4.93. The van der Waals surface area contributed by atoms with Crippen LogP contribution in [0.3, 0.4) is 0 Å². The number of alkyl halides is 3. The molecule has 0 spiro atoms. The lowest BCUT2D eigenvalue weighted by molar-refractivity contribution is -0.208. The number of halogens is 3. The van der Waals surface area contributed by atoms with E-state index in [2.05, 4.69) is 0 Å². The van der Waals surface area contributed by atoms with E-state index in [-0.39, 0.29) is 38.5 Å². The second-order valence-corrected chi connectivity index (χ2v) is 6.16. The molecule has 3 aliphatic rings. The highest BCUT2D eigenvalue weighted by molar-refractivity contribution is 5.76. The first-order chi connectivity index (χ1) is 7.79. The van der Waals surface area contributed by atoms with Crippen molar-refractivity contribution in [3.8, 4) is 0 Å². The van der Waals surface area contributed by atoms with Crippen LogP contribution in [0.5, 0.6) is 0 Å². The van der Waals surface area contributed by atoms with Crippen LogP contribution in [-0.4, -0.2) is 28.6 Å². The molecule has 3 rings (SSSR count). The summed E-state index contributed by atoms with van der Waals surface area (Å²) in [6.45, 7) is 0.